The molecule has 0 aliphatic carbocycles. The van der Waals surface area contributed by atoms with E-state index in [0.29, 0.717) is 16.5 Å². The highest BCUT2D eigenvalue weighted by Gasteiger charge is 2.17. The molecular formula is C17H19ClN4O. The lowest BCUT2D eigenvalue weighted by molar-refractivity contribution is 0.0761. The molecule has 120 valence electrons. The molecule has 1 saturated heterocycles. The van der Waals surface area contributed by atoms with Crippen LogP contribution in [0.1, 0.15) is 36.0 Å². The fourth-order valence-electron chi connectivity index (χ4n) is 2.65. The maximum absolute atomic E-state index is 12.5. The van der Waals surface area contributed by atoms with Gasteiger partial charge in [0.1, 0.15) is 0 Å². The standard InChI is InChI=1S/C17H19ClN4O/c18-14-6-5-7-15(10-14)21-17-19-11-13(12-20-17)16(23)22-8-3-1-2-4-9-22/h5-7,10-12H,1-4,8-9H2,(H,19,20,21). The topological polar surface area (TPSA) is 58.1 Å². The minimum Gasteiger partial charge on any atom is -0.339 e. The Hall–Kier alpha value is -2.14. The molecule has 0 bridgehead atoms. The number of anilines is 2. The second kappa shape index (κ2) is 7.42. The van der Waals surface area contributed by atoms with Gasteiger partial charge in [-0.05, 0) is 31.0 Å². The molecule has 1 aromatic carbocycles. The number of benzene rings is 1. The van der Waals surface area contributed by atoms with Crippen LogP contribution in [0.2, 0.25) is 5.02 Å². The second-order valence-electron chi connectivity index (χ2n) is 5.64. The molecule has 1 N–H and O–H groups in total. The maximum atomic E-state index is 12.5. The number of halogens is 1. The molecule has 5 nitrogen and oxygen atoms in total. The molecule has 3 rings (SSSR count). The van der Waals surface area contributed by atoms with Crippen LogP contribution in [-0.2, 0) is 0 Å². The Bertz CT molecular complexity index is 667. The van der Waals surface area contributed by atoms with E-state index in [0.717, 1.165) is 31.6 Å². The van der Waals surface area contributed by atoms with Crippen LogP contribution in [0.5, 0.6) is 0 Å². The lowest BCUT2D eigenvalue weighted by Crippen LogP contribution is -2.32. The summed E-state index contributed by atoms with van der Waals surface area (Å²) in [7, 11) is 0. The summed E-state index contributed by atoms with van der Waals surface area (Å²) in [6.07, 6.45) is 7.69. The van der Waals surface area contributed by atoms with Crippen LogP contribution in [0.3, 0.4) is 0 Å². The Morgan fingerprint density at radius 2 is 1.78 bits per heavy atom. The van der Waals surface area contributed by atoms with Crippen LogP contribution in [0.4, 0.5) is 11.6 Å². The lowest BCUT2D eigenvalue weighted by Gasteiger charge is -2.19. The highest BCUT2D eigenvalue weighted by molar-refractivity contribution is 6.30. The molecule has 6 heteroatoms. The Morgan fingerprint density at radius 1 is 1.09 bits per heavy atom. The van der Waals surface area contributed by atoms with Gasteiger partial charge in [-0.15, -0.1) is 0 Å². The van der Waals surface area contributed by atoms with Crippen molar-refractivity contribution in [3.05, 3.63) is 47.2 Å². The molecule has 0 saturated carbocycles. The average Bonchev–Trinajstić information content (AvgIpc) is 2.84. The molecule has 0 radical (unpaired) electrons. The number of rotatable bonds is 3. The number of hydrogen-bond donors (Lipinski definition) is 1. The molecule has 0 atom stereocenters. The summed E-state index contributed by atoms with van der Waals surface area (Å²) in [5.74, 6) is 0.459. The molecule has 0 unspecified atom stereocenters. The van der Waals surface area contributed by atoms with Crippen molar-refractivity contribution in [3.63, 3.8) is 0 Å². The van der Waals surface area contributed by atoms with Crippen LogP contribution in [0, 0.1) is 0 Å². The van der Waals surface area contributed by atoms with Crippen molar-refractivity contribution in [2.75, 3.05) is 18.4 Å². The minimum atomic E-state index is 0.0150. The van der Waals surface area contributed by atoms with Gasteiger partial charge >= 0.3 is 0 Å². The predicted octanol–water partition coefficient (Wildman–Crippen LogP) is 3.89. The van der Waals surface area contributed by atoms with Crippen LogP contribution < -0.4 is 5.32 Å². The number of nitrogens with one attached hydrogen (secondary N) is 1. The van der Waals surface area contributed by atoms with E-state index in [9.17, 15) is 4.79 Å². The zero-order valence-electron chi connectivity index (χ0n) is 12.8. The van der Waals surface area contributed by atoms with Crippen LogP contribution in [0.25, 0.3) is 0 Å². The maximum Gasteiger partial charge on any atom is 0.256 e. The first-order valence-corrected chi connectivity index (χ1v) is 8.24. The van der Waals surface area contributed by atoms with Crippen molar-refractivity contribution in [2.24, 2.45) is 0 Å². The van der Waals surface area contributed by atoms with Crippen LogP contribution >= 0.6 is 11.6 Å². The first kappa shape index (κ1) is 15.7. The third-order valence-electron chi connectivity index (χ3n) is 3.87. The third kappa shape index (κ3) is 4.20. The Balaban J connectivity index is 1.67. The van der Waals surface area contributed by atoms with E-state index in [2.05, 4.69) is 15.3 Å². The van der Waals surface area contributed by atoms with Gasteiger partial charge in [-0.1, -0.05) is 30.5 Å². The van der Waals surface area contributed by atoms with Gasteiger partial charge in [-0.25, -0.2) is 9.97 Å². The normalized spacial score (nSPS) is 15.1. The third-order valence-corrected chi connectivity index (χ3v) is 4.11. The molecule has 1 aliphatic heterocycles. The highest BCUT2D eigenvalue weighted by atomic mass is 35.5. The Morgan fingerprint density at radius 3 is 2.43 bits per heavy atom. The quantitative estimate of drug-likeness (QED) is 0.927. The van der Waals surface area contributed by atoms with E-state index < -0.39 is 0 Å². The largest absolute Gasteiger partial charge is 0.339 e. The molecule has 2 heterocycles. The molecule has 23 heavy (non-hydrogen) atoms. The number of amides is 1. The Kier molecular flexibility index (Phi) is 5.08. The zero-order valence-corrected chi connectivity index (χ0v) is 13.6. The number of aromatic nitrogens is 2. The zero-order chi connectivity index (χ0) is 16.1. The summed E-state index contributed by atoms with van der Waals surface area (Å²) in [5, 5.41) is 3.71. The summed E-state index contributed by atoms with van der Waals surface area (Å²) in [5.41, 5.74) is 1.34. The minimum absolute atomic E-state index is 0.0150. The van der Waals surface area contributed by atoms with Crippen molar-refractivity contribution in [1.82, 2.24) is 14.9 Å². The fraction of sp³-hybridized carbons (Fsp3) is 0.353. The Labute approximate surface area is 140 Å². The molecule has 0 spiro atoms. The monoisotopic (exact) mass is 330 g/mol. The van der Waals surface area contributed by atoms with E-state index >= 15 is 0 Å². The molecule has 2 aromatic rings. The van der Waals surface area contributed by atoms with Gasteiger partial charge in [0.2, 0.25) is 5.95 Å². The molecular weight excluding hydrogens is 312 g/mol. The van der Waals surface area contributed by atoms with Gasteiger partial charge in [-0.3, -0.25) is 4.79 Å². The first-order valence-electron chi connectivity index (χ1n) is 7.86. The van der Waals surface area contributed by atoms with Crippen molar-refractivity contribution in [1.29, 1.82) is 0 Å². The van der Waals surface area contributed by atoms with Gasteiger partial charge in [0.25, 0.3) is 5.91 Å². The van der Waals surface area contributed by atoms with Gasteiger partial charge in [0, 0.05) is 36.2 Å². The first-order chi connectivity index (χ1) is 11.2. The summed E-state index contributed by atoms with van der Waals surface area (Å²) in [6.45, 7) is 1.64. The van der Waals surface area contributed by atoms with Gasteiger partial charge in [-0.2, -0.15) is 0 Å². The summed E-state index contributed by atoms with van der Waals surface area (Å²) in [4.78, 5) is 22.8. The number of carbonyl (C=O) groups is 1. The summed E-state index contributed by atoms with van der Waals surface area (Å²) < 4.78 is 0. The highest BCUT2D eigenvalue weighted by Crippen LogP contribution is 2.18. The van der Waals surface area contributed by atoms with Crippen molar-refractivity contribution >= 4 is 29.1 Å². The molecule has 1 amide bonds. The number of hydrogen-bond acceptors (Lipinski definition) is 4. The van der Waals surface area contributed by atoms with Crippen LogP contribution in [0.15, 0.2) is 36.7 Å². The predicted molar refractivity (Wildman–Crippen MR) is 91.1 cm³/mol. The summed E-state index contributed by atoms with van der Waals surface area (Å²) in [6, 6.07) is 7.32. The fourth-order valence-corrected chi connectivity index (χ4v) is 2.84. The lowest BCUT2D eigenvalue weighted by atomic mass is 10.2. The SMILES string of the molecule is O=C(c1cnc(Nc2cccc(Cl)c2)nc1)N1CCCCCC1. The van der Waals surface area contributed by atoms with E-state index in [1.165, 1.54) is 12.8 Å². The van der Waals surface area contributed by atoms with Crippen molar-refractivity contribution < 1.29 is 4.79 Å². The average molecular weight is 331 g/mol. The second-order valence-corrected chi connectivity index (χ2v) is 6.07. The number of likely N-dealkylation sites (tertiary alicyclic amines) is 1. The smallest absolute Gasteiger partial charge is 0.256 e. The van der Waals surface area contributed by atoms with Crippen molar-refractivity contribution in [2.45, 2.75) is 25.7 Å². The van der Waals surface area contributed by atoms with Gasteiger partial charge in [0.15, 0.2) is 0 Å². The summed E-state index contributed by atoms with van der Waals surface area (Å²) >= 11 is 5.95. The van der Waals surface area contributed by atoms with Crippen LogP contribution in [-0.4, -0.2) is 33.9 Å². The number of nitrogens with zero attached hydrogens (tertiary/aromatic N) is 3. The molecule has 1 aliphatic rings. The van der Waals surface area contributed by atoms with Gasteiger partial charge < -0.3 is 10.2 Å². The van der Waals surface area contributed by atoms with E-state index in [1.807, 2.05) is 17.0 Å². The van der Waals surface area contributed by atoms with Crippen molar-refractivity contribution in [3.8, 4) is 0 Å². The van der Waals surface area contributed by atoms with E-state index in [4.69, 9.17) is 11.6 Å². The molecule has 1 fully saturated rings. The molecule has 1 aromatic heterocycles. The van der Waals surface area contributed by atoms with E-state index in [1.54, 1.807) is 24.5 Å². The number of carbonyl (C=O) groups excluding carboxylic acids is 1. The van der Waals surface area contributed by atoms with E-state index in [-0.39, 0.29) is 5.91 Å². The van der Waals surface area contributed by atoms with Gasteiger partial charge in [0.05, 0.1) is 5.56 Å².